The fraction of sp³-hybridized carbons (Fsp3) is 0.556. The highest BCUT2D eigenvalue weighted by molar-refractivity contribution is 4.83. The van der Waals surface area contributed by atoms with Gasteiger partial charge in [-0.15, -0.1) is 0 Å². The highest BCUT2D eigenvalue weighted by Crippen LogP contribution is 1.89. The van der Waals surface area contributed by atoms with Crippen molar-refractivity contribution in [1.29, 1.82) is 5.26 Å². The lowest BCUT2D eigenvalue weighted by molar-refractivity contribution is 0.606. The van der Waals surface area contributed by atoms with Crippen molar-refractivity contribution in [2.24, 2.45) is 0 Å². The van der Waals surface area contributed by atoms with Crippen molar-refractivity contribution in [2.75, 3.05) is 0 Å². The largest absolute Gasteiger partial charge is 0.328 e. The van der Waals surface area contributed by atoms with Gasteiger partial charge in [-0.2, -0.15) is 5.26 Å². The minimum absolute atomic E-state index is 0.0166. The van der Waals surface area contributed by atoms with Gasteiger partial charge in [-0.05, 0) is 6.42 Å². The summed E-state index contributed by atoms with van der Waals surface area (Å²) in [6.07, 6.45) is 4.83. The number of hydrogen-bond acceptors (Lipinski definition) is 2. The summed E-state index contributed by atoms with van der Waals surface area (Å²) in [5.74, 6) is 0. The van der Waals surface area contributed by atoms with Crippen molar-refractivity contribution in [3.05, 3.63) is 22.9 Å². The number of hydrogen-bond donors (Lipinski definition) is 0. The predicted octanol–water partition coefficient (Wildman–Crippen LogP) is 0.973. The average molecular weight is 179 g/mol. The van der Waals surface area contributed by atoms with Crippen LogP contribution in [0.25, 0.3) is 0 Å². The molecule has 0 bridgehead atoms. The second-order valence-electron chi connectivity index (χ2n) is 2.88. The Kier molecular flexibility index (Phi) is 3.32. The van der Waals surface area contributed by atoms with Crippen LogP contribution in [-0.2, 0) is 13.1 Å². The summed E-state index contributed by atoms with van der Waals surface area (Å²) in [6.45, 7) is 3.27. The quantitative estimate of drug-likeness (QED) is 0.691. The van der Waals surface area contributed by atoms with Crippen LogP contribution in [0.3, 0.4) is 0 Å². The van der Waals surface area contributed by atoms with Crippen LogP contribution in [0.15, 0.2) is 17.2 Å². The van der Waals surface area contributed by atoms with Crippen molar-refractivity contribution >= 4 is 0 Å². The topological polar surface area (TPSA) is 50.7 Å². The molecule has 0 amide bonds. The van der Waals surface area contributed by atoms with E-state index in [1.165, 1.54) is 0 Å². The van der Waals surface area contributed by atoms with E-state index in [1.54, 1.807) is 21.5 Å². The summed E-state index contributed by atoms with van der Waals surface area (Å²) in [5, 5.41) is 8.36. The molecule has 0 spiro atoms. The van der Waals surface area contributed by atoms with E-state index in [-0.39, 0.29) is 5.69 Å². The molecule has 0 aliphatic rings. The van der Waals surface area contributed by atoms with Gasteiger partial charge in [0.15, 0.2) is 0 Å². The Hall–Kier alpha value is -1.50. The van der Waals surface area contributed by atoms with Gasteiger partial charge in [-0.25, -0.2) is 4.79 Å². The Morgan fingerprint density at radius 2 is 2.00 bits per heavy atom. The first-order valence-electron chi connectivity index (χ1n) is 4.42. The molecular formula is C9H13N3O. The third kappa shape index (κ3) is 2.22. The number of imidazole rings is 1. The Bertz CT molecular complexity index is 356. The number of aromatic nitrogens is 2. The molecule has 0 fully saturated rings. The number of nitriles is 1. The Morgan fingerprint density at radius 3 is 2.54 bits per heavy atom. The van der Waals surface area contributed by atoms with E-state index in [2.05, 4.69) is 0 Å². The molecule has 13 heavy (non-hydrogen) atoms. The number of nitrogens with zero attached hydrogens (tertiary/aromatic N) is 3. The summed E-state index contributed by atoms with van der Waals surface area (Å²) in [4.78, 5) is 11.5. The van der Waals surface area contributed by atoms with Crippen molar-refractivity contribution < 1.29 is 0 Å². The molecule has 4 nitrogen and oxygen atoms in total. The van der Waals surface area contributed by atoms with Crippen molar-refractivity contribution in [3.63, 3.8) is 0 Å². The Balaban J connectivity index is 2.76. The normalized spacial score (nSPS) is 9.85. The molecule has 0 atom stereocenters. The molecule has 70 valence electrons. The van der Waals surface area contributed by atoms with Crippen molar-refractivity contribution in [2.45, 2.75) is 32.9 Å². The summed E-state index contributed by atoms with van der Waals surface area (Å²) < 4.78 is 3.23. The molecule has 0 N–H and O–H groups in total. The third-order valence-electron chi connectivity index (χ3n) is 1.85. The zero-order valence-electron chi connectivity index (χ0n) is 7.73. The minimum Gasteiger partial charge on any atom is -0.299 e. The van der Waals surface area contributed by atoms with Gasteiger partial charge < -0.3 is 0 Å². The SMILES string of the molecule is CCCn1ccn(CCC#N)c1=O. The van der Waals surface area contributed by atoms with Crippen LogP contribution >= 0.6 is 0 Å². The van der Waals surface area contributed by atoms with Crippen molar-refractivity contribution in [1.82, 2.24) is 9.13 Å². The van der Waals surface area contributed by atoms with E-state index >= 15 is 0 Å². The highest BCUT2D eigenvalue weighted by atomic mass is 16.1. The van der Waals surface area contributed by atoms with E-state index in [1.807, 2.05) is 13.0 Å². The molecule has 0 aliphatic heterocycles. The van der Waals surface area contributed by atoms with Gasteiger partial charge >= 0.3 is 5.69 Å². The Labute approximate surface area is 77.0 Å². The predicted molar refractivity (Wildman–Crippen MR) is 49.2 cm³/mol. The molecule has 4 heteroatoms. The van der Waals surface area contributed by atoms with E-state index < -0.39 is 0 Å². The smallest absolute Gasteiger partial charge is 0.299 e. The summed E-state index contributed by atoms with van der Waals surface area (Å²) in [7, 11) is 0. The lowest BCUT2D eigenvalue weighted by Gasteiger charge is -1.97. The molecule has 0 saturated carbocycles. The van der Waals surface area contributed by atoms with Crippen LogP contribution in [0.5, 0.6) is 0 Å². The van der Waals surface area contributed by atoms with Gasteiger partial charge in [0.05, 0.1) is 12.5 Å². The van der Waals surface area contributed by atoms with Crippen LogP contribution in [0.2, 0.25) is 0 Å². The van der Waals surface area contributed by atoms with Crippen LogP contribution in [0.1, 0.15) is 19.8 Å². The fourth-order valence-electron chi connectivity index (χ4n) is 1.21. The first kappa shape index (κ1) is 9.59. The van der Waals surface area contributed by atoms with Crippen LogP contribution in [0, 0.1) is 11.3 Å². The van der Waals surface area contributed by atoms with Crippen LogP contribution in [-0.4, -0.2) is 9.13 Å². The van der Waals surface area contributed by atoms with Gasteiger partial charge in [0, 0.05) is 25.5 Å². The average Bonchev–Trinajstić information content (AvgIpc) is 2.46. The molecule has 0 saturated heterocycles. The van der Waals surface area contributed by atoms with Gasteiger partial charge in [-0.3, -0.25) is 9.13 Å². The number of aryl methyl sites for hydroxylation is 2. The monoisotopic (exact) mass is 179 g/mol. The molecule has 0 unspecified atom stereocenters. The van der Waals surface area contributed by atoms with E-state index in [9.17, 15) is 4.79 Å². The first-order valence-corrected chi connectivity index (χ1v) is 4.42. The zero-order valence-corrected chi connectivity index (χ0v) is 7.73. The molecule has 1 aromatic heterocycles. The molecule has 1 aromatic rings. The van der Waals surface area contributed by atoms with Crippen LogP contribution in [0.4, 0.5) is 0 Å². The van der Waals surface area contributed by atoms with E-state index in [4.69, 9.17) is 5.26 Å². The highest BCUT2D eigenvalue weighted by Gasteiger charge is 2.00. The second kappa shape index (κ2) is 4.51. The maximum atomic E-state index is 11.5. The minimum atomic E-state index is -0.0166. The standard InChI is InChI=1S/C9H13N3O/c1-2-5-11-7-8-12(9(11)13)6-3-4-10/h7-8H,2-3,5-6H2,1H3. The first-order chi connectivity index (χ1) is 6.29. The molecule has 1 rings (SSSR count). The second-order valence-corrected chi connectivity index (χ2v) is 2.88. The molecule has 0 radical (unpaired) electrons. The van der Waals surface area contributed by atoms with E-state index in [0.29, 0.717) is 13.0 Å². The molecule has 0 aliphatic carbocycles. The lowest BCUT2D eigenvalue weighted by Crippen LogP contribution is -2.23. The fourth-order valence-corrected chi connectivity index (χ4v) is 1.21. The van der Waals surface area contributed by atoms with Gasteiger partial charge in [0.2, 0.25) is 0 Å². The Morgan fingerprint density at radius 1 is 1.38 bits per heavy atom. The van der Waals surface area contributed by atoms with E-state index in [0.717, 1.165) is 13.0 Å². The lowest BCUT2D eigenvalue weighted by atomic mass is 10.5. The van der Waals surface area contributed by atoms with Gasteiger partial charge in [0.25, 0.3) is 0 Å². The van der Waals surface area contributed by atoms with Crippen LogP contribution < -0.4 is 5.69 Å². The summed E-state index contributed by atoms with van der Waals surface area (Å²) in [5.41, 5.74) is -0.0166. The molecular weight excluding hydrogens is 166 g/mol. The third-order valence-corrected chi connectivity index (χ3v) is 1.85. The van der Waals surface area contributed by atoms with Gasteiger partial charge in [0.1, 0.15) is 0 Å². The van der Waals surface area contributed by atoms with Gasteiger partial charge in [-0.1, -0.05) is 6.92 Å². The molecule has 1 heterocycles. The number of rotatable bonds is 4. The maximum absolute atomic E-state index is 11.5. The molecule has 0 aromatic carbocycles. The van der Waals surface area contributed by atoms with Crippen molar-refractivity contribution in [3.8, 4) is 6.07 Å². The summed E-state index contributed by atoms with van der Waals surface area (Å²) in [6, 6.07) is 2.02. The summed E-state index contributed by atoms with van der Waals surface area (Å²) >= 11 is 0. The maximum Gasteiger partial charge on any atom is 0.328 e. The zero-order chi connectivity index (χ0) is 9.68.